The molecule has 0 saturated heterocycles. The van der Waals surface area contributed by atoms with Crippen LogP contribution in [-0.4, -0.2) is 32.6 Å². The van der Waals surface area contributed by atoms with Gasteiger partial charge in [-0.15, -0.1) is 0 Å². The van der Waals surface area contributed by atoms with Crippen LogP contribution >= 0.6 is 15.9 Å². The van der Waals surface area contributed by atoms with E-state index in [-0.39, 0.29) is 16.6 Å². The van der Waals surface area contributed by atoms with E-state index in [0.29, 0.717) is 6.42 Å². The van der Waals surface area contributed by atoms with E-state index >= 15 is 0 Å². The first-order valence-corrected chi connectivity index (χ1v) is 8.28. The molecule has 0 aliphatic carbocycles. The van der Waals surface area contributed by atoms with Crippen molar-refractivity contribution >= 4 is 31.9 Å². The Balaban J connectivity index is 3.24. The quantitative estimate of drug-likeness (QED) is 0.752. The Morgan fingerprint density at radius 2 is 2.14 bits per heavy atom. The van der Waals surface area contributed by atoms with Crippen molar-refractivity contribution in [2.75, 3.05) is 7.11 Å². The largest absolute Gasteiger partial charge is 0.495 e. The highest BCUT2D eigenvalue weighted by Crippen LogP contribution is 2.30. The number of hydrogen-bond acceptors (Lipinski definition) is 4. The first kappa shape index (κ1) is 17.9. The lowest BCUT2D eigenvalue weighted by Crippen LogP contribution is -2.40. The molecule has 0 saturated carbocycles. The zero-order chi connectivity index (χ0) is 16.2. The summed E-state index contributed by atoms with van der Waals surface area (Å²) in [7, 11) is -2.99. The molecule has 0 aromatic heterocycles. The highest BCUT2D eigenvalue weighted by atomic mass is 79.9. The van der Waals surface area contributed by atoms with Crippen molar-refractivity contribution in [3.8, 4) is 5.75 Å². The number of hydrogen-bond donors (Lipinski definition) is 2. The summed E-state index contributed by atoms with van der Waals surface area (Å²) >= 11 is 2.92. The molecule has 0 aliphatic heterocycles. The van der Waals surface area contributed by atoms with Crippen molar-refractivity contribution in [2.24, 2.45) is 0 Å². The molecule has 118 valence electrons. The molecule has 0 radical (unpaired) electrons. The number of carboxylic acids is 1. The van der Waals surface area contributed by atoms with Gasteiger partial charge in [-0.3, -0.25) is 4.79 Å². The van der Waals surface area contributed by atoms with Gasteiger partial charge in [-0.1, -0.05) is 13.3 Å². The minimum absolute atomic E-state index is 0.0432. The number of nitrogens with one attached hydrogen (secondary N) is 1. The van der Waals surface area contributed by atoms with Crippen molar-refractivity contribution in [3.05, 3.63) is 22.4 Å². The normalized spacial score (nSPS) is 13.0. The summed E-state index contributed by atoms with van der Waals surface area (Å²) in [4.78, 5) is 10.6. The van der Waals surface area contributed by atoms with Gasteiger partial charge in [0.2, 0.25) is 10.0 Å². The molecule has 2 N–H and O–H groups in total. The van der Waals surface area contributed by atoms with Crippen LogP contribution in [0.25, 0.3) is 0 Å². The predicted molar refractivity (Wildman–Crippen MR) is 77.3 cm³/mol. The molecular weight excluding hydrogens is 369 g/mol. The van der Waals surface area contributed by atoms with Crippen LogP contribution < -0.4 is 9.46 Å². The number of aliphatic carboxylic acids is 1. The number of sulfonamides is 1. The van der Waals surface area contributed by atoms with Crippen molar-refractivity contribution in [2.45, 2.75) is 30.7 Å². The van der Waals surface area contributed by atoms with Gasteiger partial charge in [0, 0.05) is 0 Å². The Hall–Kier alpha value is -1.19. The molecule has 6 nitrogen and oxygen atoms in total. The van der Waals surface area contributed by atoms with E-state index in [0.717, 1.165) is 6.07 Å². The molecule has 9 heteroatoms. The first-order valence-electron chi connectivity index (χ1n) is 6.01. The summed E-state index contributed by atoms with van der Waals surface area (Å²) in [6.07, 6.45) is 0.598. The number of rotatable bonds is 7. The Morgan fingerprint density at radius 1 is 1.52 bits per heavy atom. The molecule has 0 amide bonds. The summed E-state index contributed by atoms with van der Waals surface area (Å²) in [5.41, 5.74) is 0. The summed E-state index contributed by atoms with van der Waals surface area (Å²) in [5.74, 6) is -2.17. The number of carbonyl (C=O) groups is 1. The fraction of sp³-hybridized carbons (Fsp3) is 0.417. The van der Waals surface area contributed by atoms with E-state index in [1.54, 1.807) is 6.92 Å². The smallest absolute Gasteiger partial charge is 0.321 e. The SMILES string of the molecule is CCCC(NS(=O)(=O)c1cc(F)c(Br)cc1OC)C(=O)O. The van der Waals surface area contributed by atoms with Crippen molar-refractivity contribution in [1.82, 2.24) is 4.72 Å². The maximum atomic E-state index is 13.6. The summed E-state index contributed by atoms with van der Waals surface area (Å²) < 4.78 is 45.0. The fourth-order valence-corrected chi connectivity index (χ4v) is 3.36. The summed E-state index contributed by atoms with van der Waals surface area (Å²) in [6.45, 7) is 1.73. The van der Waals surface area contributed by atoms with Gasteiger partial charge in [0.1, 0.15) is 22.5 Å². The zero-order valence-electron chi connectivity index (χ0n) is 11.4. The third kappa shape index (κ3) is 4.39. The van der Waals surface area contributed by atoms with E-state index in [1.807, 2.05) is 4.72 Å². The Labute approximate surface area is 130 Å². The average molecular weight is 384 g/mol. The second-order valence-electron chi connectivity index (χ2n) is 4.22. The average Bonchev–Trinajstić information content (AvgIpc) is 2.40. The predicted octanol–water partition coefficient (Wildman–Crippen LogP) is 2.13. The molecule has 21 heavy (non-hydrogen) atoms. The fourth-order valence-electron chi connectivity index (χ4n) is 1.65. The number of benzene rings is 1. The van der Waals surface area contributed by atoms with Gasteiger partial charge in [0.25, 0.3) is 0 Å². The number of halogens is 2. The van der Waals surface area contributed by atoms with Crippen molar-refractivity contribution in [1.29, 1.82) is 0 Å². The lowest BCUT2D eigenvalue weighted by Gasteiger charge is -2.16. The molecule has 0 fully saturated rings. The number of carboxylic acid groups (broad SMARTS) is 1. The maximum absolute atomic E-state index is 13.6. The molecule has 0 heterocycles. The van der Waals surface area contributed by atoms with Gasteiger partial charge < -0.3 is 9.84 Å². The molecule has 0 spiro atoms. The van der Waals surface area contributed by atoms with E-state index in [9.17, 15) is 17.6 Å². The Bertz CT molecular complexity index is 635. The van der Waals surface area contributed by atoms with Crippen LogP contribution in [0.1, 0.15) is 19.8 Å². The molecule has 1 rings (SSSR count). The van der Waals surface area contributed by atoms with Crippen LogP contribution in [0, 0.1) is 5.82 Å². The van der Waals surface area contributed by atoms with E-state index in [2.05, 4.69) is 15.9 Å². The van der Waals surface area contributed by atoms with Gasteiger partial charge in [-0.2, -0.15) is 4.72 Å². The van der Waals surface area contributed by atoms with E-state index in [1.165, 1.54) is 13.2 Å². The van der Waals surface area contributed by atoms with Crippen LogP contribution in [0.3, 0.4) is 0 Å². The monoisotopic (exact) mass is 383 g/mol. The van der Waals surface area contributed by atoms with Gasteiger partial charge >= 0.3 is 5.97 Å². The van der Waals surface area contributed by atoms with Gasteiger partial charge in [0.05, 0.1) is 11.6 Å². The Morgan fingerprint density at radius 3 is 2.62 bits per heavy atom. The minimum atomic E-state index is -4.23. The van der Waals surface area contributed by atoms with Crippen LogP contribution in [-0.2, 0) is 14.8 Å². The highest BCUT2D eigenvalue weighted by Gasteiger charge is 2.28. The maximum Gasteiger partial charge on any atom is 0.321 e. The van der Waals surface area contributed by atoms with Gasteiger partial charge in [0.15, 0.2) is 0 Å². The van der Waals surface area contributed by atoms with Crippen molar-refractivity contribution < 1.29 is 27.4 Å². The molecule has 1 aromatic carbocycles. The number of ether oxygens (including phenoxy) is 1. The molecule has 1 atom stereocenters. The number of methoxy groups -OCH3 is 1. The van der Waals surface area contributed by atoms with Crippen LogP contribution in [0.5, 0.6) is 5.75 Å². The van der Waals surface area contributed by atoms with Gasteiger partial charge in [-0.25, -0.2) is 12.8 Å². The second-order valence-corrected chi connectivity index (χ2v) is 6.75. The van der Waals surface area contributed by atoms with E-state index in [4.69, 9.17) is 9.84 Å². The van der Waals surface area contributed by atoms with Crippen LogP contribution in [0.2, 0.25) is 0 Å². The lowest BCUT2D eigenvalue weighted by atomic mass is 10.2. The van der Waals surface area contributed by atoms with Crippen LogP contribution in [0.15, 0.2) is 21.5 Å². The summed E-state index contributed by atoms with van der Waals surface area (Å²) in [6, 6.07) is 0.659. The third-order valence-corrected chi connectivity index (χ3v) is 4.77. The molecule has 0 aliphatic rings. The second kappa shape index (κ2) is 7.19. The summed E-state index contributed by atoms with van der Waals surface area (Å²) in [5, 5.41) is 9.00. The van der Waals surface area contributed by atoms with E-state index < -0.39 is 32.7 Å². The Kier molecular flexibility index (Phi) is 6.11. The molecule has 1 aromatic rings. The lowest BCUT2D eigenvalue weighted by molar-refractivity contribution is -0.139. The standard InChI is InChI=1S/C12H15BrFNO5S/c1-3-4-9(12(16)17)15-21(18,19)11-6-8(14)7(13)5-10(11)20-2/h5-6,9,15H,3-4H2,1-2H3,(H,16,17). The molecule has 1 unspecified atom stereocenters. The highest BCUT2D eigenvalue weighted by molar-refractivity contribution is 9.10. The first-order chi connectivity index (χ1) is 9.72. The third-order valence-electron chi connectivity index (χ3n) is 2.67. The topological polar surface area (TPSA) is 92.7 Å². The molecular formula is C12H15BrFNO5S. The van der Waals surface area contributed by atoms with Crippen LogP contribution in [0.4, 0.5) is 4.39 Å². The zero-order valence-corrected chi connectivity index (χ0v) is 13.8. The minimum Gasteiger partial charge on any atom is -0.495 e. The molecule has 0 bridgehead atoms. The van der Waals surface area contributed by atoms with Crippen molar-refractivity contribution in [3.63, 3.8) is 0 Å². The van der Waals surface area contributed by atoms with Gasteiger partial charge in [-0.05, 0) is 34.5 Å².